The molecule has 0 radical (unpaired) electrons. The van der Waals surface area contributed by atoms with E-state index in [0.717, 1.165) is 36.1 Å². The van der Waals surface area contributed by atoms with E-state index in [-0.39, 0.29) is 24.0 Å². The minimum absolute atomic E-state index is 0. The number of hydrogen-bond donors (Lipinski definition) is 1. The van der Waals surface area contributed by atoms with Gasteiger partial charge in [-0.05, 0) is 19.8 Å². The molecule has 164 valence electrons. The van der Waals surface area contributed by atoms with Crippen LogP contribution in [-0.2, 0) is 31.4 Å². The molecule has 0 aliphatic carbocycles. The summed E-state index contributed by atoms with van der Waals surface area (Å²) in [5, 5.41) is 12.7. The van der Waals surface area contributed by atoms with Gasteiger partial charge in [-0.2, -0.15) is 10.2 Å². The Morgan fingerprint density at radius 3 is 2.59 bits per heavy atom. The maximum absolute atomic E-state index is 5.17. The van der Waals surface area contributed by atoms with Crippen LogP contribution in [0.2, 0.25) is 0 Å². The van der Waals surface area contributed by atoms with Gasteiger partial charge in [0.05, 0.1) is 24.5 Å². The van der Waals surface area contributed by atoms with Gasteiger partial charge in [0, 0.05) is 64.4 Å². The van der Waals surface area contributed by atoms with Crippen LogP contribution in [0.25, 0.3) is 0 Å². The van der Waals surface area contributed by atoms with E-state index in [4.69, 9.17) is 4.74 Å². The predicted octanol–water partition coefficient (Wildman–Crippen LogP) is 2.83. The Morgan fingerprint density at radius 2 is 2.00 bits per heavy atom. The number of halogens is 1. The molecule has 0 amide bonds. The lowest BCUT2D eigenvalue weighted by Crippen LogP contribution is -2.38. The minimum Gasteiger partial charge on any atom is -0.383 e. The molecule has 0 aromatic carbocycles. The summed E-state index contributed by atoms with van der Waals surface area (Å²) in [7, 11) is 7.54. The van der Waals surface area contributed by atoms with Crippen LogP contribution in [0.5, 0.6) is 0 Å². The number of aryl methyl sites for hydroxylation is 2. The Balaban J connectivity index is 0.00000420. The van der Waals surface area contributed by atoms with Gasteiger partial charge in [0.25, 0.3) is 0 Å². The van der Waals surface area contributed by atoms with Gasteiger partial charge in [-0.1, -0.05) is 13.8 Å². The molecule has 0 saturated heterocycles. The van der Waals surface area contributed by atoms with Crippen molar-refractivity contribution in [2.45, 2.75) is 53.2 Å². The van der Waals surface area contributed by atoms with Crippen molar-refractivity contribution in [2.75, 3.05) is 27.8 Å². The highest BCUT2D eigenvalue weighted by Gasteiger charge is 2.16. The van der Waals surface area contributed by atoms with Crippen LogP contribution >= 0.6 is 24.0 Å². The van der Waals surface area contributed by atoms with Gasteiger partial charge >= 0.3 is 0 Å². The minimum atomic E-state index is 0. The molecule has 0 bridgehead atoms. The molecule has 9 heteroatoms. The molecule has 2 aromatic heterocycles. The highest BCUT2D eigenvalue weighted by Crippen LogP contribution is 2.19. The van der Waals surface area contributed by atoms with E-state index in [0.29, 0.717) is 19.1 Å². The molecule has 0 aliphatic heterocycles. The Hall–Kier alpha value is -1.62. The smallest absolute Gasteiger partial charge is 0.193 e. The molecule has 2 rings (SSSR count). The van der Waals surface area contributed by atoms with Gasteiger partial charge in [0.1, 0.15) is 0 Å². The number of rotatable bonds is 8. The van der Waals surface area contributed by atoms with Crippen LogP contribution in [-0.4, -0.2) is 58.2 Å². The van der Waals surface area contributed by atoms with E-state index in [1.54, 1.807) is 7.11 Å². The van der Waals surface area contributed by atoms with Crippen molar-refractivity contribution in [1.82, 2.24) is 29.8 Å². The SMILES string of the molecule is CN=C(NCc1c(C)nn(CCOC)c1C)N(C)Cc1cn(C)nc1C(C)C.I. The standard InChI is InChI=1S/C20H35N7O.HI/c1-14(2)19-17(13-26(7)24-19)12-25(6)20(21-5)22-11-18-15(3)23-27(16(18)4)9-10-28-8;/h13-14H,9-12H2,1-8H3,(H,21,22);1H. The van der Waals surface area contributed by atoms with Gasteiger partial charge in [-0.25, -0.2) is 0 Å². The fourth-order valence-corrected chi connectivity index (χ4v) is 3.43. The zero-order chi connectivity index (χ0) is 20.8. The molecule has 8 nitrogen and oxygen atoms in total. The van der Waals surface area contributed by atoms with Crippen molar-refractivity contribution < 1.29 is 4.74 Å². The molecule has 2 heterocycles. The Bertz CT molecular complexity index is 810. The first kappa shape index (κ1) is 25.4. The number of methoxy groups -OCH3 is 1. The maximum atomic E-state index is 5.17. The quantitative estimate of drug-likeness (QED) is 0.331. The Kier molecular flexibility index (Phi) is 10.1. The molecule has 0 atom stereocenters. The topological polar surface area (TPSA) is 72.5 Å². The average Bonchev–Trinajstić information content (AvgIpc) is 3.13. The van der Waals surface area contributed by atoms with Crippen LogP contribution in [0.1, 0.15) is 48.0 Å². The first-order chi connectivity index (χ1) is 13.3. The third-order valence-corrected chi connectivity index (χ3v) is 4.93. The van der Waals surface area contributed by atoms with Gasteiger partial charge < -0.3 is 15.0 Å². The third kappa shape index (κ3) is 6.43. The molecule has 0 aliphatic rings. The molecule has 0 spiro atoms. The monoisotopic (exact) mass is 517 g/mol. The van der Waals surface area contributed by atoms with E-state index < -0.39 is 0 Å². The van der Waals surface area contributed by atoms with Gasteiger partial charge in [0.2, 0.25) is 0 Å². The van der Waals surface area contributed by atoms with E-state index in [1.807, 2.05) is 37.4 Å². The highest BCUT2D eigenvalue weighted by atomic mass is 127. The number of guanidine groups is 1. The number of aromatic nitrogens is 4. The number of nitrogens with zero attached hydrogens (tertiary/aromatic N) is 6. The summed E-state index contributed by atoms with van der Waals surface area (Å²) in [5.74, 6) is 1.24. The highest BCUT2D eigenvalue weighted by molar-refractivity contribution is 14.0. The summed E-state index contributed by atoms with van der Waals surface area (Å²) in [4.78, 5) is 6.58. The molecule has 0 saturated carbocycles. The summed E-state index contributed by atoms with van der Waals surface area (Å²) in [6, 6.07) is 0. The van der Waals surface area contributed by atoms with Crippen molar-refractivity contribution in [3.05, 3.63) is 34.4 Å². The summed E-state index contributed by atoms with van der Waals surface area (Å²) < 4.78 is 9.06. The van der Waals surface area contributed by atoms with Crippen LogP contribution in [0.15, 0.2) is 11.2 Å². The summed E-state index contributed by atoms with van der Waals surface area (Å²) in [5.41, 5.74) is 5.76. The summed E-state index contributed by atoms with van der Waals surface area (Å²) in [6.45, 7) is 11.3. The van der Waals surface area contributed by atoms with Crippen molar-refractivity contribution in [1.29, 1.82) is 0 Å². The summed E-state index contributed by atoms with van der Waals surface area (Å²) in [6.07, 6.45) is 2.09. The molecule has 29 heavy (non-hydrogen) atoms. The second-order valence-corrected chi connectivity index (χ2v) is 7.49. The first-order valence-corrected chi connectivity index (χ1v) is 9.74. The maximum Gasteiger partial charge on any atom is 0.193 e. The van der Waals surface area contributed by atoms with Crippen LogP contribution in [0, 0.1) is 13.8 Å². The van der Waals surface area contributed by atoms with Crippen molar-refractivity contribution >= 4 is 29.9 Å². The number of ether oxygens (including phenoxy) is 1. The normalized spacial score (nSPS) is 11.7. The van der Waals surface area contributed by atoms with Crippen LogP contribution in [0.3, 0.4) is 0 Å². The van der Waals surface area contributed by atoms with E-state index in [9.17, 15) is 0 Å². The molecule has 0 fully saturated rings. The second-order valence-electron chi connectivity index (χ2n) is 7.49. The zero-order valence-electron chi connectivity index (χ0n) is 19.0. The van der Waals surface area contributed by atoms with Gasteiger partial charge in [-0.3, -0.25) is 14.4 Å². The fraction of sp³-hybridized carbons (Fsp3) is 0.650. The van der Waals surface area contributed by atoms with Crippen molar-refractivity contribution in [3.8, 4) is 0 Å². The van der Waals surface area contributed by atoms with Crippen LogP contribution < -0.4 is 5.32 Å². The molecular weight excluding hydrogens is 481 g/mol. The van der Waals surface area contributed by atoms with Crippen molar-refractivity contribution in [2.24, 2.45) is 12.0 Å². The number of hydrogen-bond acceptors (Lipinski definition) is 4. The lowest BCUT2D eigenvalue weighted by molar-refractivity contribution is 0.182. The number of nitrogens with one attached hydrogen (secondary N) is 1. The van der Waals surface area contributed by atoms with E-state index >= 15 is 0 Å². The largest absolute Gasteiger partial charge is 0.383 e. The summed E-state index contributed by atoms with van der Waals surface area (Å²) >= 11 is 0. The molecular formula is C20H36IN7O. The lowest BCUT2D eigenvalue weighted by atomic mass is 10.1. The predicted molar refractivity (Wildman–Crippen MR) is 128 cm³/mol. The third-order valence-electron chi connectivity index (χ3n) is 4.93. The van der Waals surface area contributed by atoms with Crippen LogP contribution in [0.4, 0.5) is 0 Å². The van der Waals surface area contributed by atoms with Gasteiger partial charge in [0.15, 0.2) is 5.96 Å². The average molecular weight is 517 g/mol. The molecule has 1 N–H and O–H groups in total. The Labute approximate surface area is 191 Å². The first-order valence-electron chi connectivity index (χ1n) is 9.74. The second kappa shape index (κ2) is 11.5. The van der Waals surface area contributed by atoms with Gasteiger partial charge in [-0.15, -0.1) is 24.0 Å². The zero-order valence-corrected chi connectivity index (χ0v) is 21.3. The van der Waals surface area contributed by atoms with E-state index in [1.165, 1.54) is 11.1 Å². The Morgan fingerprint density at radius 1 is 1.31 bits per heavy atom. The van der Waals surface area contributed by atoms with Crippen molar-refractivity contribution in [3.63, 3.8) is 0 Å². The molecule has 2 aromatic rings. The molecule has 0 unspecified atom stereocenters. The fourth-order valence-electron chi connectivity index (χ4n) is 3.43. The number of aliphatic imine (C=N–C) groups is 1. The lowest BCUT2D eigenvalue weighted by Gasteiger charge is -2.22. The van der Waals surface area contributed by atoms with E-state index in [2.05, 4.69) is 52.4 Å².